The van der Waals surface area contributed by atoms with Crippen LogP contribution < -0.4 is 5.32 Å². The van der Waals surface area contributed by atoms with Crippen molar-refractivity contribution < 1.29 is 13.6 Å². The number of amides is 1. The Hall–Kier alpha value is -1.21. The van der Waals surface area contributed by atoms with E-state index >= 15 is 0 Å². The molecule has 0 heterocycles. The lowest BCUT2D eigenvalue weighted by atomic mass is 10.2. The molecule has 6 heteroatoms. The zero-order chi connectivity index (χ0) is 14.0. The number of benzene rings is 2. The topological polar surface area (TPSA) is 29.1 Å². The summed E-state index contributed by atoms with van der Waals surface area (Å²) >= 11 is 7.73. The molecule has 0 spiro atoms. The van der Waals surface area contributed by atoms with Crippen molar-refractivity contribution in [3.05, 3.63) is 62.2 Å². The van der Waals surface area contributed by atoms with Gasteiger partial charge in [0.15, 0.2) is 0 Å². The number of rotatable bonds is 2. The Morgan fingerprint density at radius 3 is 2.58 bits per heavy atom. The summed E-state index contributed by atoms with van der Waals surface area (Å²) in [5.41, 5.74) is 0.143. The first kappa shape index (κ1) is 14.2. The Kier molecular flexibility index (Phi) is 4.36. The summed E-state index contributed by atoms with van der Waals surface area (Å²) in [4.78, 5) is 12.0. The van der Waals surface area contributed by atoms with E-state index < -0.39 is 17.5 Å². The largest absolute Gasteiger partial charge is 0.319 e. The molecule has 1 N–H and O–H groups in total. The van der Waals surface area contributed by atoms with Crippen LogP contribution in [0.3, 0.4) is 0 Å². The molecule has 0 saturated carbocycles. The molecular weight excluding hydrogens is 387 g/mol. The summed E-state index contributed by atoms with van der Waals surface area (Å²) in [6.45, 7) is 0. The summed E-state index contributed by atoms with van der Waals surface area (Å²) in [5, 5.41) is 2.82. The molecule has 2 aromatic carbocycles. The Balaban J connectivity index is 2.28. The van der Waals surface area contributed by atoms with E-state index in [-0.39, 0.29) is 5.69 Å². The van der Waals surface area contributed by atoms with Crippen LogP contribution in [0.15, 0.2) is 36.4 Å². The number of hydrogen-bond acceptors (Lipinski definition) is 1. The molecular formula is C13H7ClF2INO. The summed E-state index contributed by atoms with van der Waals surface area (Å²) in [5.74, 6) is -1.84. The molecule has 0 aliphatic rings. The first-order valence-electron chi connectivity index (χ1n) is 5.19. The second-order valence-electron chi connectivity index (χ2n) is 3.70. The van der Waals surface area contributed by atoms with Crippen LogP contribution in [0.4, 0.5) is 14.5 Å². The van der Waals surface area contributed by atoms with Crippen LogP contribution in [0.25, 0.3) is 0 Å². The molecule has 0 radical (unpaired) electrons. The molecule has 2 aromatic rings. The highest BCUT2D eigenvalue weighted by atomic mass is 127. The van der Waals surface area contributed by atoms with E-state index in [1.807, 2.05) is 22.6 Å². The third-order valence-corrected chi connectivity index (χ3v) is 3.48. The highest BCUT2D eigenvalue weighted by Crippen LogP contribution is 2.21. The number of hydrogen-bond donors (Lipinski definition) is 1. The van der Waals surface area contributed by atoms with Gasteiger partial charge in [0.05, 0.1) is 11.3 Å². The molecule has 0 unspecified atom stereocenters. The summed E-state index contributed by atoms with van der Waals surface area (Å²) in [7, 11) is 0. The van der Waals surface area contributed by atoms with Gasteiger partial charge in [0.2, 0.25) is 0 Å². The van der Waals surface area contributed by atoms with Gasteiger partial charge in [-0.25, -0.2) is 8.78 Å². The molecule has 0 aromatic heterocycles. The highest BCUT2D eigenvalue weighted by molar-refractivity contribution is 14.1. The van der Waals surface area contributed by atoms with E-state index in [1.54, 1.807) is 12.1 Å². The SMILES string of the molecule is O=C(Nc1cc(F)ccc1F)c1ccc(Cl)cc1I. The zero-order valence-corrected chi connectivity index (χ0v) is 12.3. The minimum absolute atomic E-state index is 0.198. The molecule has 2 nitrogen and oxygen atoms in total. The maximum Gasteiger partial charge on any atom is 0.256 e. The average molecular weight is 394 g/mol. The smallest absolute Gasteiger partial charge is 0.256 e. The van der Waals surface area contributed by atoms with Crippen LogP contribution in [0.5, 0.6) is 0 Å². The zero-order valence-electron chi connectivity index (χ0n) is 9.38. The van der Waals surface area contributed by atoms with E-state index in [1.165, 1.54) is 6.07 Å². The molecule has 0 aliphatic carbocycles. The van der Waals surface area contributed by atoms with Crippen molar-refractivity contribution in [1.29, 1.82) is 0 Å². The predicted molar refractivity (Wildman–Crippen MR) is 78.5 cm³/mol. The minimum Gasteiger partial charge on any atom is -0.319 e. The van der Waals surface area contributed by atoms with Gasteiger partial charge >= 0.3 is 0 Å². The molecule has 0 aliphatic heterocycles. The number of carbonyl (C=O) groups is 1. The average Bonchev–Trinajstić information content (AvgIpc) is 2.33. The van der Waals surface area contributed by atoms with Gasteiger partial charge < -0.3 is 5.32 Å². The van der Waals surface area contributed by atoms with E-state index in [0.717, 1.165) is 18.2 Å². The van der Waals surface area contributed by atoms with E-state index in [9.17, 15) is 13.6 Å². The van der Waals surface area contributed by atoms with E-state index in [0.29, 0.717) is 14.2 Å². The Labute approximate surface area is 126 Å². The number of nitrogens with one attached hydrogen (secondary N) is 1. The molecule has 0 bridgehead atoms. The Morgan fingerprint density at radius 2 is 1.89 bits per heavy atom. The molecule has 0 atom stereocenters. The fourth-order valence-electron chi connectivity index (χ4n) is 1.46. The van der Waals surface area contributed by atoms with Crippen LogP contribution in [0, 0.1) is 15.2 Å². The lowest BCUT2D eigenvalue weighted by Gasteiger charge is -2.08. The molecule has 2 rings (SSSR count). The lowest BCUT2D eigenvalue weighted by molar-refractivity contribution is 0.102. The normalized spacial score (nSPS) is 10.3. The molecule has 98 valence electrons. The Bertz CT molecular complexity index is 649. The van der Waals surface area contributed by atoms with Crippen molar-refractivity contribution in [2.45, 2.75) is 0 Å². The summed E-state index contributed by atoms with van der Waals surface area (Å²) in [6.07, 6.45) is 0. The van der Waals surface area contributed by atoms with Crippen molar-refractivity contribution in [2.75, 3.05) is 5.32 Å². The third kappa shape index (κ3) is 3.42. The maximum atomic E-state index is 13.4. The fourth-order valence-corrected chi connectivity index (χ4v) is 2.57. The second kappa shape index (κ2) is 5.83. The highest BCUT2D eigenvalue weighted by Gasteiger charge is 2.13. The lowest BCUT2D eigenvalue weighted by Crippen LogP contribution is -2.14. The van der Waals surface area contributed by atoms with Gasteiger partial charge in [-0.1, -0.05) is 11.6 Å². The molecule has 1 amide bonds. The van der Waals surface area contributed by atoms with Crippen molar-refractivity contribution in [3.8, 4) is 0 Å². The van der Waals surface area contributed by atoms with Crippen LogP contribution in [-0.4, -0.2) is 5.91 Å². The number of carbonyl (C=O) groups excluding carboxylic acids is 1. The first-order valence-corrected chi connectivity index (χ1v) is 6.64. The van der Waals surface area contributed by atoms with Crippen LogP contribution in [-0.2, 0) is 0 Å². The van der Waals surface area contributed by atoms with Crippen molar-refractivity contribution in [3.63, 3.8) is 0 Å². The van der Waals surface area contributed by atoms with E-state index in [2.05, 4.69) is 5.32 Å². The van der Waals surface area contributed by atoms with Crippen LogP contribution >= 0.6 is 34.2 Å². The fraction of sp³-hybridized carbons (Fsp3) is 0. The van der Waals surface area contributed by atoms with E-state index in [4.69, 9.17) is 11.6 Å². The van der Waals surface area contributed by atoms with Crippen LogP contribution in [0.2, 0.25) is 5.02 Å². The van der Waals surface area contributed by atoms with Crippen molar-refractivity contribution >= 4 is 45.8 Å². The predicted octanol–water partition coefficient (Wildman–Crippen LogP) is 4.48. The van der Waals surface area contributed by atoms with Gasteiger partial charge in [-0.05, 0) is 52.9 Å². The third-order valence-electron chi connectivity index (χ3n) is 2.35. The van der Waals surface area contributed by atoms with Gasteiger partial charge in [0.25, 0.3) is 5.91 Å². The Morgan fingerprint density at radius 1 is 1.16 bits per heavy atom. The summed E-state index contributed by atoms with van der Waals surface area (Å²) in [6, 6.07) is 7.56. The second-order valence-corrected chi connectivity index (χ2v) is 5.30. The first-order chi connectivity index (χ1) is 8.97. The number of halogens is 4. The standard InChI is InChI=1S/C13H7ClF2INO/c14-7-1-3-9(11(17)5-7)13(19)18-12-6-8(15)2-4-10(12)16/h1-6H,(H,18,19). The van der Waals surface area contributed by atoms with Gasteiger partial charge in [0.1, 0.15) is 11.6 Å². The van der Waals surface area contributed by atoms with Gasteiger partial charge in [-0.15, -0.1) is 0 Å². The van der Waals surface area contributed by atoms with Gasteiger partial charge in [-0.3, -0.25) is 4.79 Å². The van der Waals surface area contributed by atoms with Crippen molar-refractivity contribution in [1.82, 2.24) is 0 Å². The molecule has 19 heavy (non-hydrogen) atoms. The monoisotopic (exact) mass is 393 g/mol. The van der Waals surface area contributed by atoms with Crippen molar-refractivity contribution in [2.24, 2.45) is 0 Å². The van der Waals surface area contributed by atoms with Crippen LogP contribution in [0.1, 0.15) is 10.4 Å². The van der Waals surface area contributed by atoms with Gasteiger partial charge in [-0.2, -0.15) is 0 Å². The molecule has 0 saturated heterocycles. The molecule has 0 fully saturated rings. The minimum atomic E-state index is -0.696. The van der Waals surface area contributed by atoms with Gasteiger partial charge in [0, 0.05) is 14.7 Å². The number of anilines is 1. The summed E-state index contributed by atoms with van der Waals surface area (Å²) < 4.78 is 27.0. The maximum absolute atomic E-state index is 13.4. The quantitative estimate of drug-likeness (QED) is 0.749.